The van der Waals surface area contributed by atoms with Gasteiger partial charge in [0.25, 0.3) is 0 Å². The van der Waals surface area contributed by atoms with Crippen molar-refractivity contribution in [3.8, 4) is 5.75 Å². The molecule has 5 nitrogen and oxygen atoms in total. The molecular weight excluding hydrogens is 316 g/mol. The predicted molar refractivity (Wildman–Crippen MR) is 91.0 cm³/mol. The molecular formula is C17H25ClN2O3. The topological polar surface area (TPSA) is 61.8 Å². The molecule has 0 radical (unpaired) electrons. The van der Waals surface area contributed by atoms with Gasteiger partial charge in [0.15, 0.2) is 6.73 Å². The van der Waals surface area contributed by atoms with Gasteiger partial charge in [-0.3, -0.25) is 0 Å². The average Bonchev–Trinajstić information content (AvgIpc) is 2.53. The van der Waals surface area contributed by atoms with Crippen molar-refractivity contribution < 1.29 is 14.6 Å². The normalized spacial score (nSPS) is 17.9. The number of likely N-dealkylation sites (tertiary alicyclic amines) is 1. The number of benzene rings is 1. The van der Waals surface area contributed by atoms with Crippen molar-refractivity contribution >= 4 is 17.6 Å². The number of nitrogens with zero attached hydrogens (tertiary/aromatic N) is 1. The number of rotatable bonds is 5. The highest BCUT2D eigenvalue weighted by molar-refractivity contribution is 6.32. The zero-order valence-corrected chi connectivity index (χ0v) is 14.5. The highest BCUT2D eigenvalue weighted by Crippen LogP contribution is 2.25. The van der Waals surface area contributed by atoms with Crippen LogP contribution >= 0.6 is 11.6 Å². The first kappa shape index (κ1) is 17.9. The highest BCUT2D eigenvalue weighted by Gasteiger charge is 2.25. The van der Waals surface area contributed by atoms with E-state index < -0.39 is 0 Å². The standard InChI is InChI=1S/C17H25ClN2O3/c1-12-9-15(10-13(2)16(12)18)23-11-19-17(22)20-7-4-3-5-14(20)6-8-21/h9-10,14,21H,3-8,11H2,1-2H3,(H,19,22). The molecule has 23 heavy (non-hydrogen) atoms. The monoisotopic (exact) mass is 340 g/mol. The maximum absolute atomic E-state index is 12.3. The summed E-state index contributed by atoms with van der Waals surface area (Å²) in [5.41, 5.74) is 1.90. The lowest BCUT2D eigenvalue weighted by molar-refractivity contribution is 0.126. The molecule has 1 aromatic carbocycles. The Morgan fingerprint density at radius 3 is 2.74 bits per heavy atom. The Balaban J connectivity index is 1.86. The zero-order chi connectivity index (χ0) is 16.8. The summed E-state index contributed by atoms with van der Waals surface area (Å²) in [6.45, 7) is 4.80. The van der Waals surface area contributed by atoms with E-state index >= 15 is 0 Å². The first-order valence-electron chi connectivity index (χ1n) is 8.07. The summed E-state index contributed by atoms with van der Waals surface area (Å²) in [4.78, 5) is 14.1. The largest absolute Gasteiger partial charge is 0.473 e. The average molecular weight is 341 g/mol. The molecule has 0 spiro atoms. The molecule has 1 fully saturated rings. The van der Waals surface area contributed by atoms with Gasteiger partial charge in [-0.25, -0.2) is 4.79 Å². The number of hydrogen-bond donors (Lipinski definition) is 2. The van der Waals surface area contributed by atoms with Gasteiger partial charge in [-0.1, -0.05) is 11.6 Å². The number of urea groups is 1. The van der Waals surface area contributed by atoms with Crippen molar-refractivity contribution in [2.45, 2.75) is 45.6 Å². The van der Waals surface area contributed by atoms with E-state index in [1.165, 1.54) is 0 Å². The molecule has 2 N–H and O–H groups in total. The summed E-state index contributed by atoms with van der Waals surface area (Å²) in [6.07, 6.45) is 3.69. The number of piperidine rings is 1. The second kappa shape index (κ2) is 8.41. The molecule has 128 valence electrons. The van der Waals surface area contributed by atoms with E-state index in [2.05, 4.69) is 5.32 Å². The van der Waals surface area contributed by atoms with Gasteiger partial charge >= 0.3 is 6.03 Å². The number of halogens is 1. The summed E-state index contributed by atoms with van der Waals surface area (Å²) >= 11 is 6.13. The van der Waals surface area contributed by atoms with Crippen LogP contribution in [0.5, 0.6) is 5.75 Å². The maximum atomic E-state index is 12.3. The number of aryl methyl sites for hydroxylation is 2. The molecule has 1 aromatic rings. The van der Waals surface area contributed by atoms with Crippen LogP contribution in [0.4, 0.5) is 4.79 Å². The summed E-state index contributed by atoms with van der Waals surface area (Å²) in [5.74, 6) is 0.690. The molecule has 1 aliphatic heterocycles. The van der Waals surface area contributed by atoms with Crippen LogP contribution in [0.15, 0.2) is 12.1 Å². The van der Waals surface area contributed by atoms with Crippen molar-refractivity contribution in [2.24, 2.45) is 0 Å². The number of nitrogens with one attached hydrogen (secondary N) is 1. The molecule has 1 saturated heterocycles. The highest BCUT2D eigenvalue weighted by atomic mass is 35.5. The lowest BCUT2D eigenvalue weighted by Gasteiger charge is -2.35. The van der Waals surface area contributed by atoms with Crippen LogP contribution in [-0.4, -0.2) is 42.0 Å². The predicted octanol–water partition coefficient (Wildman–Crippen LogP) is 3.24. The van der Waals surface area contributed by atoms with Crippen molar-refractivity contribution in [1.29, 1.82) is 0 Å². The lowest BCUT2D eigenvalue weighted by atomic mass is 10.0. The van der Waals surface area contributed by atoms with E-state index in [0.717, 1.165) is 42.0 Å². The van der Waals surface area contributed by atoms with Gasteiger partial charge in [0, 0.05) is 24.2 Å². The number of aliphatic hydroxyl groups is 1. The molecule has 1 heterocycles. The van der Waals surface area contributed by atoms with E-state index in [0.29, 0.717) is 12.2 Å². The van der Waals surface area contributed by atoms with Crippen LogP contribution in [0.1, 0.15) is 36.8 Å². The summed E-state index contributed by atoms with van der Waals surface area (Å²) in [7, 11) is 0. The molecule has 6 heteroatoms. The quantitative estimate of drug-likeness (QED) is 0.809. The number of aliphatic hydroxyl groups excluding tert-OH is 1. The maximum Gasteiger partial charge on any atom is 0.320 e. The van der Waals surface area contributed by atoms with Crippen LogP contribution in [0, 0.1) is 13.8 Å². The zero-order valence-electron chi connectivity index (χ0n) is 13.8. The van der Waals surface area contributed by atoms with Crippen LogP contribution < -0.4 is 10.1 Å². The Labute approximate surface area is 142 Å². The number of hydrogen-bond acceptors (Lipinski definition) is 3. The fraction of sp³-hybridized carbons (Fsp3) is 0.588. The molecule has 0 aliphatic carbocycles. The molecule has 0 saturated carbocycles. The van der Waals surface area contributed by atoms with Gasteiger partial charge in [-0.05, 0) is 62.8 Å². The lowest BCUT2D eigenvalue weighted by Crippen LogP contribution is -2.49. The molecule has 0 bridgehead atoms. The second-order valence-electron chi connectivity index (χ2n) is 6.00. The summed E-state index contributed by atoms with van der Waals surface area (Å²) in [5, 5.41) is 12.7. The van der Waals surface area contributed by atoms with E-state index in [-0.39, 0.29) is 25.4 Å². The Bertz CT molecular complexity index is 526. The number of amides is 2. The number of carbonyl (C=O) groups is 1. The summed E-state index contributed by atoms with van der Waals surface area (Å²) in [6, 6.07) is 3.70. The SMILES string of the molecule is Cc1cc(OCNC(=O)N2CCCCC2CCO)cc(C)c1Cl. The third kappa shape index (κ3) is 4.75. The fourth-order valence-electron chi connectivity index (χ4n) is 2.99. The molecule has 0 aromatic heterocycles. The van der Waals surface area contributed by atoms with Crippen molar-refractivity contribution in [1.82, 2.24) is 10.2 Å². The minimum absolute atomic E-state index is 0.105. The minimum atomic E-state index is -0.134. The van der Waals surface area contributed by atoms with E-state index in [1.54, 1.807) is 4.90 Å². The Hall–Kier alpha value is -1.46. The fourth-order valence-corrected chi connectivity index (χ4v) is 3.10. The van der Waals surface area contributed by atoms with Crippen molar-refractivity contribution in [3.05, 3.63) is 28.3 Å². The van der Waals surface area contributed by atoms with Crippen LogP contribution in [-0.2, 0) is 0 Å². The number of ether oxygens (including phenoxy) is 1. The Morgan fingerprint density at radius 1 is 1.39 bits per heavy atom. The molecule has 2 amide bonds. The smallest absolute Gasteiger partial charge is 0.320 e. The third-order valence-corrected chi connectivity index (χ3v) is 4.82. The third-order valence-electron chi connectivity index (χ3n) is 4.22. The van der Waals surface area contributed by atoms with Gasteiger partial charge in [0.1, 0.15) is 5.75 Å². The molecule has 1 aliphatic rings. The van der Waals surface area contributed by atoms with Gasteiger partial charge in [-0.15, -0.1) is 0 Å². The van der Waals surface area contributed by atoms with E-state index in [4.69, 9.17) is 21.4 Å². The summed E-state index contributed by atoms with van der Waals surface area (Å²) < 4.78 is 5.61. The molecule has 1 unspecified atom stereocenters. The number of carbonyl (C=O) groups excluding carboxylic acids is 1. The van der Waals surface area contributed by atoms with Crippen LogP contribution in [0.3, 0.4) is 0 Å². The van der Waals surface area contributed by atoms with Gasteiger partial charge in [0.05, 0.1) is 0 Å². The minimum Gasteiger partial charge on any atom is -0.473 e. The van der Waals surface area contributed by atoms with E-state index in [9.17, 15) is 4.79 Å². The Kier molecular flexibility index (Phi) is 6.54. The second-order valence-corrected chi connectivity index (χ2v) is 6.37. The Morgan fingerprint density at radius 2 is 2.09 bits per heavy atom. The van der Waals surface area contributed by atoms with E-state index in [1.807, 2.05) is 26.0 Å². The van der Waals surface area contributed by atoms with Crippen LogP contribution in [0.2, 0.25) is 5.02 Å². The van der Waals surface area contributed by atoms with Crippen molar-refractivity contribution in [3.63, 3.8) is 0 Å². The van der Waals surface area contributed by atoms with Crippen LogP contribution in [0.25, 0.3) is 0 Å². The first-order chi connectivity index (χ1) is 11.0. The van der Waals surface area contributed by atoms with Gasteiger partial charge in [-0.2, -0.15) is 0 Å². The molecule has 2 rings (SSSR count). The molecule has 1 atom stereocenters. The van der Waals surface area contributed by atoms with Crippen molar-refractivity contribution in [2.75, 3.05) is 19.9 Å². The van der Waals surface area contributed by atoms with Gasteiger partial charge in [0.2, 0.25) is 0 Å². The van der Waals surface area contributed by atoms with Gasteiger partial charge < -0.3 is 20.1 Å². The first-order valence-corrected chi connectivity index (χ1v) is 8.45.